The second kappa shape index (κ2) is 33.9. The molecule has 0 aliphatic carbocycles. The highest BCUT2D eigenvalue weighted by atomic mass is 33.1. The van der Waals surface area contributed by atoms with Gasteiger partial charge in [-0.1, -0.05) is 71.8 Å². The number of carbonyl (C=O) groups excluding carboxylic acids is 6. The minimum atomic E-state index is -0.783. The number of carbonyl (C=O) groups is 6. The molecule has 4 amide bonds. The zero-order chi connectivity index (χ0) is 67.8. The lowest BCUT2D eigenvalue weighted by Gasteiger charge is -2.34. The minimum absolute atomic E-state index is 0.0287. The number of rotatable bonds is 36. The van der Waals surface area contributed by atoms with E-state index in [2.05, 4.69) is 84.1 Å². The molecule has 95 heavy (non-hydrogen) atoms. The SMILES string of the molecule is CCCOCCOCCN(CC(C)(C)SSCCCC(=O)[C@@H](C)NC(=O)[C@@H](CCCNC(=N)N)CC(=O)[C@@H](C)NC(=O)CC)c1cc(COc2cc3c(cc2C)C(=O)N2c4ccccc4C[C@H]2CC3)cc(COc2cc3c(cc2OC)C(=O)N2c4ccccc4C[C@H]2CC3)c1. The van der Waals surface area contributed by atoms with E-state index in [1.165, 1.54) is 11.1 Å². The van der Waals surface area contributed by atoms with Crippen LogP contribution in [0.5, 0.6) is 17.2 Å². The Morgan fingerprint density at radius 3 is 1.93 bits per heavy atom. The molecule has 0 radical (unpaired) electrons. The van der Waals surface area contributed by atoms with Crippen molar-refractivity contribution in [3.63, 3.8) is 0 Å². The lowest BCUT2D eigenvalue weighted by atomic mass is 9.93. The Kier molecular flexibility index (Phi) is 25.6. The molecule has 5 atom stereocenters. The molecule has 21 heteroatoms. The zero-order valence-corrected chi connectivity index (χ0v) is 58.2. The van der Waals surface area contributed by atoms with Gasteiger partial charge in [-0.3, -0.25) is 34.2 Å². The fraction of sp³-hybridized carbons (Fsp3) is 0.500. The molecule has 0 aromatic heterocycles. The van der Waals surface area contributed by atoms with Crippen LogP contribution in [0, 0.1) is 18.3 Å². The first kappa shape index (κ1) is 71.7. The van der Waals surface area contributed by atoms with Gasteiger partial charge in [-0.05, 0) is 192 Å². The number of anilines is 3. The number of nitrogens with zero attached hydrogens (tertiary/aromatic N) is 3. The number of hydrogen-bond donors (Lipinski definition) is 5. The van der Waals surface area contributed by atoms with E-state index >= 15 is 0 Å². The second-order valence-corrected chi connectivity index (χ2v) is 29.1. The van der Waals surface area contributed by atoms with Gasteiger partial charge in [0.15, 0.2) is 29.0 Å². The molecular formula is C74H96N8O11S2. The number of benzene rings is 5. The predicted molar refractivity (Wildman–Crippen MR) is 378 cm³/mol. The topological polar surface area (TPSA) is 244 Å². The van der Waals surface area contributed by atoms with Gasteiger partial charge in [-0.2, -0.15) is 0 Å². The zero-order valence-electron chi connectivity index (χ0n) is 56.5. The Labute approximate surface area is 568 Å². The third-order valence-corrected chi connectivity index (χ3v) is 21.5. The van der Waals surface area contributed by atoms with Crippen LogP contribution in [0.1, 0.15) is 159 Å². The van der Waals surface area contributed by atoms with Gasteiger partial charge in [-0.15, -0.1) is 0 Å². The maximum absolute atomic E-state index is 14.4. The van der Waals surface area contributed by atoms with Crippen LogP contribution in [0.4, 0.5) is 17.1 Å². The largest absolute Gasteiger partial charge is 0.493 e. The van der Waals surface area contributed by atoms with Gasteiger partial charge in [0.25, 0.3) is 11.8 Å². The second-order valence-electron chi connectivity index (χ2n) is 26.0. The van der Waals surface area contributed by atoms with Crippen LogP contribution < -0.4 is 50.6 Å². The molecule has 4 heterocycles. The first-order chi connectivity index (χ1) is 45.7. The van der Waals surface area contributed by atoms with Gasteiger partial charge in [0.05, 0.1) is 39.0 Å². The normalized spacial score (nSPS) is 16.3. The van der Waals surface area contributed by atoms with E-state index < -0.39 is 23.9 Å². The van der Waals surface area contributed by atoms with Crippen molar-refractivity contribution < 1.29 is 52.5 Å². The maximum atomic E-state index is 14.4. The summed E-state index contributed by atoms with van der Waals surface area (Å²) >= 11 is 0. The summed E-state index contributed by atoms with van der Waals surface area (Å²) in [5, 5.41) is 15.7. The number of ketones is 2. The summed E-state index contributed by atoms with van der Waals surface area (Å²) in [6, 6.07) is 29.3. The summed E-state index contributed by atoms with van der Waals surface area (Å²) in [7, 11) is 5.04. The molecule has 0 saturated heterocycles. The summed E-state index contributed by atoms with van der Waals surface area (Å²) in [4.78, 5) is 87.5. The average Bonchev–Trinajstić information content (AvgIpc) is 1.65. The van der Waals surface area contributed by atoms with Crippen LogP contribution in [-0.4, -0.2) is 129 Å². The van der Waals surface area contributed by atoms with Crippen LogP contribution in [-0.2, 0) is 67.5 Å². The number of amides is 4. The Balaban J connectivity index is 0.910. The molecule has 0 spiro atoms. The van der Waals surface area contributed by atoms with Crippen molar-refractivity contribution in [1.82, 2.24) is 16.0 Å². The number of hydrogen-bond acceptors (Lipinski definition) is 15. The van der Waals surface area contributed by atoms with Crippen molar-refractivity contribution in [2.75, 3.05) is 73.6 Å². The number of ether oxygens (including phenoxy) is 5. The summed E-state index contributed by atoms with van der Waals surface area (Å²) < 4.78 is 31.3. The Hall–Kier alpha value is -7.59. The molecule has 0 saturated carbocycles. The van der Waals surface area contributed by atoms with Gasteiger partial charge >= 0.3 is 0 Å². The van der Waals surface area contributed by atoms with Gasteiger partial charge in [0.1, 0.15) is 19.0 Å². The van der Waals surface area contributed by atoms with E-state index in [1.54, 1.807) is 49.5 Å². The van der Waals surface area contributed by atoms with Crippen molar-refractivity contribution >= 4 is 79.8 Å². The van der Waals surface area contributed by atoms with Crippen LogP contribution in [0.15, 0.2) is 91.0 Å². The van der Waals surface area contributed by atoms with E-state index in [-0.39, 0.29) is 84.6 Å². The number of methoxy groups -OCH3 is 1. The molecule has 0 bridgehead atoms. The Morgan fingerprint density at radius 1 is 0.726 bits per heavy atom. The molecular weight excluding hydrogens is 1240 g/mol. The molecule has 6 N–H and O–H groups in total. The molecule has 0 unspecified atom stereocenters. The smallest absolute Gasteiger partial charge is 0.258 e. The number of aryl methyl sites for hydroxylation is 3. The third-order valence-electron chi connectivity index (χ3n) is 18.1. The summed E-state index contributed by atoms with van der Waals surface area (Å²) in [5.74, 6) is 0.387. The molecule has 9 rings (SSSR count). The highest BCUT2D eigenvalue weighted by molar-refractivity contribution is 8.77. The first-order valence-corrected chi connectivity index (χ1v) is 36.1. The van der Waals surface area contributed by atoms with Crippen molar-refractivity contribution in [3.8, 4) is 17.2 Å². The Bertz CT molecular complexity index is 3560. The number of guanidine groups is 1. The molecule has 4 aliphatic heterocycles. The van der Waals surface area contributed by atoms with E-state index in [0.717, 1.165) is 89.2 Å². The maximum Gasteiger partial charge on any atom is 0.258 e. The number of Topliss-reactive ketones (excluding diaryl/α,β-unsaturated/α-hetero) is 2. The third kappa shape index (κ3) is 18.9. The van der Waals surface area contributed by atoms with Crippen LogP contribution in [0.3, 0.4) is 0 Å². The summed E-state index contributed by atoms with van der Waals surface area (Å²) in [5.41, 5.74) is 16.7. The van der Waals surface area contributed by atoms with Crippen molar-refractivity contribution in [1.29, 1.82) is 5.41 Å². The number of nitrogens with two attached hydrogens (primary N) is 1. The highest BCUT2D eigenvalue weighted by Gasteiger charge is 2.40. The van der Waals surface area contributed by atoms with E-state index in [1.807, 2.05) is 65.3 Å². The van der Waals surface area contributed by atoms with Crippen molar-refractivity contribution in [2.45, 2.75) is 174 Å². The summed E-state index contributed by atoms with van der Waals surface area (Å²) in [6.45, 7) is 17.4. The first-order valence-electron chi connectivity index (χ1n) is 33.7. The predicted octanol–water partition coefficient (Wildman–Crippen LogP) is 11.2. The van der Waals surface area contributed by atoms with E-state index in [9.17, 15) is 28.8 Å². The molecule has 0 fully saturated rings. The highest BCUT2D eigenvalue weighted by Crippen LogP contribution is 2.43. The molecule has 5 aromatic rings. The van der Waals surface area contributed by atoms with Crippen LogP contribution in [0.2, 0.25) is 0 Å². The minimum Gasteiger partial charge on any atom is -0.493 e. The molecule has 4 aliphatic rings. The Morgan fingerprint density at radius 2 is 1.32 bits per heavy atom. The fourth-order valence-electron chi connectivity index (χ4n) is 13.1. The lowest BCUT2D eigenvalue weighted by Crippen LogP contribution is -2.44. The average molecular weight is 1340 g/mol. The van der Waals surface area contributed by atoms with Gasteiger partial charge in [-0.25, -0.2) is 0 Å². The number of fused-ring (bicyclic) bond motifs is 8. The van der Waals surface area contributed by atoms with Crippen molar-refractivity contribution in [2.24, 2.45) is 11.7 Å². The van der Waals surface area contributed by atoms with E-state index in [4.69, 9.17) is 34.8 Å². The van der Waals surface area contributed by atoms with Crippen LogP contribution in [0.25, 0.3) is 0 Å². The number of nitrogens with one attached hydrogen (secondary N) is 4. The van der Waals surface area contributed by atoms with Crippen molar-refractivity contribution in [3.05, 3.63) is 141 Å². The van der Waals surface area contributed by atoms with E-state index in [0.29, 0.717) is 100 Å². The van der Waals surface area contributed by atoms with Gasteiger partial charge in [0, 0.05) is 102 Å². The van der Waals surface area contributed by atoms with Crippen LogP contribution >= 0.6 is 21.6 Å². The summed E-state index contributed by atoms with van der Waals surface area (Å²) in [6.07, 6.45) is 7.41. The lowest BCUT2D eigenvalue weighted by molar-refractivity contribution is -0.133. The van der Waals surface area contributed by atoms with Gasteiger partial charge in [0.2, 0.25) is 11.8 Å². The molecule has 5 aromatic carbocycles. The monoisotopic (exact) mass is 1340 g/mol. The molecule has 19 nitrogen and oxygen atoms in total. The quantitative estimate of drug-likeness (QED) is 0.0108. The fourth-order valence-corrected chi connectivity index (χ4v) is 15.7. The number of para-hydroxylation sites is 2. The van der Waals surface area contributed by atoms with Gasteiger partial charge < -0.3 is 60.1 Å². The standard InChI is InChI=1S/C74H96N8O11S2/c1-9-29-90-31-32-91-30-28-80(46-74(6,7)95-94-33-16-22-64(83)48(4)79-70(86)56(19-15-27-77-73(75)76)40-65(84)49(5)78-69(85)10-2)59-36-50(44-92-66-41-52-23-25-57-38-54-17-11-13-20-62(54)81(57)71(87)60(52)34-47(66)3)35-51(37-59)45-93-68-42-53-24-26-58-39-55-18-12-14-21-63(55)82(58)72(88)61(53)43-67(68)89-8/h11-14,17-18,20-21,34-37,41-43,48-49,56-58H,9-10,15-16,19,22-33,38-40,44-46H2,1-8H3,(H,78,85)(H,79,86)(H4,75,76,77)/t48-,49-,56+,57-,58-/m1/s1. The molecule has 510 valence electrons.